The molecule has 31 heavy (non-hydrogen) atoms. The van der Waals surface area contributed by atoms with Gasteiger partial charge >= 0.3 is 6.03 Å². The van der Waals surface area contributed by atoms with Gasteiger partial charge in [0.05, 0.1) is 5.54 Å². The molecule has 2 amide bonds. The fourth-order valence-corrected chi connectivity index (χ4v) is 4.09. The van der Waals surface area contributed by atoms with Crippen molar-refractivity contribution < 1.29 is 4.79 Å². The predicted molar refractivity (Wildman–Crippen MR) is 127 cm³/mol. The number of carbonyl (C=O) groups is 1. The molecule has 168 valence electrons. The van der Waals surface area contributed by atoms with Crippen molar-refractivity contribution in [2.45, 2.75) is 64.1 Å². The van der Waals surface area contributed by atoms with Crippen molar-refractivity contribution in [1.29, 1.82) is 0 Å². The molecule has 1 aliphatic rings. The van der Waals surface area contributed by atoms with Crippen LogP contribution in [0.1, 0.15) is 50.7 Å². The summed E-state index contributed by atoms with van der Waals surface area (Å²) < 4.78 is 0. The van der Waals surface area contributed by atoms with Gasteiger partial charge < -0.3 is 20.9 Å². The first kappa shape index (κ1) is 23.1. The number of nitrogens with one attached hydrogen (secondary N) is 3. The van der Waals surface area contributed by atoms with E-state index in [0.717, 1.165) is 42.6 Å². The molecule has 0 saturated heterocycles. The van der Waals surface area contributed by atoms with Gasteiger partial charge in [-0.15, -0.1) is 0 Å². The molecule has 0 unspecified atom stereocenters. The SMILES string of the molecule is Cc1cnc(N[C@H]2CC[C@@H](NC(=O)NC(C)(C)c3ccc(Cl)cc3)CC2)nc1N(C)C. The predicted octanol–water partition coefficient (Wildman–Crippen LogP) is 4.46. The fourth-order valence-electron chi connectivity index (χ4n) is 3.96. The first-order valence-corrected chi connectivity index (χ1v) is 11.1. The average molecular weight is 445 g/mol. The molecule has 1 aromatic heterocycles. The number of benzene rings is 1. The van der Waals surface area contributed by atoms with Crippen LogP contribution in [0.15, 0.2) is 30.5 Å². The van der Waals surface area contributed by atoms with E-state index >= 15 is 0 Å². The molecule has 8 heteroatoms. The number of anilines is 2. The summed E-state index contributed by atoms with van der Waals surface area (Å²) in [5, 5.41) is 10.3. The number of aryl methyl sites for hydroxylation is 1. The Morgan fingerprint density at radius 1 is 1.10 bits per heavy atom. The smallest absolute Gasteiger partial charge is 0.315 e. The maximum atomic E-state index is 12.6. The van der Waals surface area contributed by atoms with Crippen LogP contribution in [-0.2, 0) is 5.54 Å². The fraction of sp³-hybridized carbons (Fsp3) is 0.522. The quantitative estimate of drug-likeness (QED) is 0.612. The van der Waals surface area contributed by atoms with Gasteiger partial charge in [0.25, 0.3) is 0 Å². The van der Waals surface area contributed by atoms with Gasteiger partial charge in [-0.25, -0.2) is 9.78 Å². The zero-order chi connectivity index (χ0) is 22.6. The van der Waals surface area contributed by atoms with E-state index in [0.29, 0.717) is 17.0 Å². The van der Waals surface area contributed by atoms with E-state index in [-0.39, 0.29) is 12.1 Å². The summed E-state index contributed by atoms with van der Waals surface area (Å²) in [7, 11) is 3.96. The number of halogens is 1. The molecule has 1 saturated carbocycles. The lowest BCUT2D eigenvalue weighted by atomic mass is 9.91. The van der Waals surface area contributed by atoms with E-state index in [2.05, 4.69) is 25.9 Å². The lowest BCUT2D eigenvalue weighted by Gasteiger charge is -2.32. The van der Waals surface area contributed by atoms with Crippen LogP contribution in [0.2, 0.25) is 5.02 Å². The molecule has 0 spiro atoms. The van der Waals surface area contributed by atoms with Gasteiger partial charge in [0.2, 0.25) is 5.95 Å². The summed E-state index contributed by atoms with van der Waals surface area (Å²) in [6.45, 7) is 5.98. The highest BCUT2D eigenvalue weighted by atomic mass is 35.5. The molecule has 0 radical (unpaired) electrons. The van der Waals surface area contributed by atoms with Gasteiger partial charge in [0.15, 0.2) is 0 Å². The van der Waals surface area contributed by atoms with Crippen molar-refractivity contribution in [3.8, 4) is 0 Å². The second-order valence-corrected chi connectivity index (χ2v) is 9.45. The van der Waals surface area contributed by atoms with Gasteiger partial charge in [-0.1, -0.05) is 23.7 Å². The summed E-state index contributed by atoms with van der Waals surface area (Å²) in [6, 6.07) is 7.88. The van der Waals surface area contributed by atoms with Crippen molar-refractivity contribution in [3.63, 3.8) is 0 Å². The summed E-state index contributed by atoms with van der Waals surface area (Å²) >= 11 is 5.97. The molecule has 1 heterocycles. The van der Waals surface area contributed by atoms with Gasteiger partial charge in [0.1, 0.15) is 5.82 Å². The van der Waals surface area contributed by atoms with Crippen molar-refractivity contribution in [3.05, 3.63) is 46.6 Å². The molecule has 1 aromatic carbocycles. The van der Waals surface area contributed by atoms with E-state index in [4.69, 9.17) is 11.6 Å². The van der Waals surface area contributed by atoms with Crippen molar-refractivity contribution in [2.24, 2.45) is 0 Å². The average Bonchev–Trinajstić information content (AvgIpc) is 2.70. The molecule has 7 nitrogen and oxygen atoms in total. The van der Waals surface area contributed by atoms with Crippen LogP contribution >= 0.6 is 11.6 Å². The number of carbonyl (C=O) groups excluding carboxylic acids is 1. The van der Waals surface area contributed by atoms with E-state index in [1.54, 1.807) is 0 Å². The molecule has 2 aromatic rings. The van der Waals surface area contributed by atoms with Crippen LogP contribution in [-0.4, -0.2) is 42.2 Å². The Morgan fingerprint density at radius 3 is 2.32 bits per heavy atom. The Bertz CT molecular complexity index is 891. The van der Waals surface area contributed by atoms with Gasteiger partial charge in [-0.3, -0.25) is 0 Å². The molecule has 1 fully saturated rings. The molecule has 0 atom stereocenters. The number of hydrogen-bond acceptors (Lipinski definition) is 5. The van der Waals surface area contributed by atoms with Crippen molar-refractivity contribution >= 4 is 29.4 Å². The van der Waals surface area contributed by atoms with E-state index < -0.39 is 5.54 Å². The van der Waals surface area contributed by atoms with Crippen LogP contribution in [0.4, 0.5) is 16.6 Å². The summed E-state index contributed by atoms with van der Waals surface area (Å²) in [6.07, 6.45) is 5.60. The molecule has 1 aliphatic carbocycles. The molecular weight excluding hydrogens is 412 g/mol. The monoisotopic (exact) mass is 444 g/mol. The van der Waals surface area contributed by atoms with E-state index in [1.807, 2.05) is 70.2 Å². The zero-order valence-electron chi connectivity index (χ0n) is 19.0. The second-order valence-electron chi connectivity index (χ2n) is 9.02. The Morgan fingerprint density at radius 2 is 1.71 bits per heavy atom. The lowest BCUT2D eigenvalue weighted by Crippen LogP contribution is -2.50. The number of aromatic nitrogens is 2. The number of urea groups is 1. The normalized spacial score (nSPS) is 18.9. The number of rotatable bonds is 6. The minimum Gasteiger partial charge on any atom is -0.362 e. The van der Waals surface area contributed by atoms with Crippen LogP contribution in [0.3, 0.4) is 0 Å². The third-order valence-corrected chi connectivity index (χ3v) is 6.01. The Balaban J connectivity index is 1.48. The Labute approximate surface area is 190 Å². The molecule has 0 bridgehead atoms. The number of nitrogens with zero attached hydrogens (tertiary/aromatic N) is 3. The molecular formula is C23H33ClN6O. The molecule has 3 rings (SSSR count). The highest BCUT2D eigenvalue weighted by molar-refractivity contribution is 6.30. The highest BCUT2D eigenvalue weighted by Gasteiger charge is 2.26. The first-order chi connectivity index (χ1) is 14.6. The largest absolute Gasteiger partial charge is 0.362 e. The summed E-state index contributed by atoms with van der Waals surface area (Å²) in [5.74, 6) is 1.58. The lowest BCUT2D eigenvalue weighted by molar-refractivity contribution is 0.221. The van der Waals surface area contributed by atoms with Crippen LogP contribution < -0.4 is 20.9 Å². The van der Waals surface area contributed by atoms with Gasteiger partial charge in [-0.2, -0.15) is 4.98 Å². The third-order valence-electron chi connectivity index (χ3n) is 5.76. The van der Waals surface area contributed by atoms with Crippen LogP contribution in [0, 0.1) is 6.92 Å². The van der Waals surface area contributed by atoms with E-state index in [9.17, 15) is 4.79 Å². The highest BCUT2D eigenvalue weighted by Crippen LogP contribution is 2.24. The second kappa shape index (κ2) is 9.73. The topological polar surface area (TPSA) is 82.2 Å². The minimum absolute atomic E-state index is 0.145. The standard InChI is InChI=1S/C23H33ClN6O/c1-15-14-25-21(28-20(15)30(4)5)26-18-10-12-19(13-11-18)27-22(31)29-23(2,3)16-6-8-17(24)9-7-16/h6-9,14,18-19H,10-13H2,1-5H3,(H,25,26,28)(H2,27,29,31)/t18-,19+. The summed E-state index contributed by atoms with van der Waals surface area (Å²) in [5.41, 5.74) is 1.58. The van der Waals surface area contributed by atoms with Gasteiger partial charge in [0, 0.05) is 43.0 Å². The Kier molecular flexibility index (Phi) is 7.26. The molecule has 0 aliphatic heterocycles. The third kappa shape index (κ3) is 6.23. The molecule has 3 N–H and O–H groups in total. The van der Waals surface area contributed by atoms with Crippen LogP contribution in [0.25, 0.3) is 0 Å². The maximum absolute atomic E-state index is 12.6. The van der Waals surface area contributed by atoms with Crippen molar-refractivity contribution in [1.82, 2.24) is 20.6 Å². The maximum Gasteiger partial charge on any atom is 0.315 e. The van der Waals surface area contributed by atoms with E-state index in [1.165, 1.54) is 0 Å². The number of amides is 2. The summed E-state index contributed by atoms with van der Waals surface area (Å²) in [4.78, 5) is 23.6. The van der Waals surface area contributed by atoms with Crippen LogP contribution in [0.5, 0.6) is 0 Å². The minimum atomic E-state index is -0.486. The van der Waals surface area contributed by atoms with Crippen molar-refractivity contribution in [2.75, 3.05) is 24.3 Å². The number of hydrogen-bond donors (Lipinski definition) is 3. The Hall–Kier alpha value is -2.54. The zero-order valence-corrected chi connectivity index (χ0v) is 19.8. The van der Waals surface area contributed by atoms with Gasteiger partial charge in [-0.05, 0) is 64.2 Å². The first-order valence-electron chi connectivity index (χ1n) is 10.8.